The maximum atomic E-state index is 13.2. The molecule has 0 bridgehead atoms. The minimum absolute atomic E-state index is 0.0581. The number of rotatable bonds is 5. The average Bonchev–Trinajstić information content (AvgIpc) is 2.98. The second kappa shape index (κ2) is 9.09. The molecule has 1 saturated carbocycles. The van der Waals surface area contributed by atoms with Crippen molar-refractivity contribution in [1.29, 1.82) is 0 Å². The minimum Gasteiger partial charge on any atom is -0.461 e. The number of aromatic amines is 1. The van der Waals surface area contributed by atoms with Crippen molar-refractivity contribution in [1.82, 2.24) is 14.6 Å². The summed E-state index contributed by atoms with van der Waals surface area (Å²) < 4.78 is 37.1. The number of nitrogens with one attached hydrogen (secondary N) is 2. The van der Waals surface area contributed by atoms with Gasteiger partial charge in [0.1, 0.15) is 30.0 Å². The first kappa shape index (κ1) is 23.7. The molecule has 1 aromatic heterocycles. The van der Waals surface area contributed by atoms with E-state index in [1.165, 1.54) is 30.7 Å². The average molecular weight is 489 g/mol. The van der Waals surface area contributed by atoms with Gasteiger partial charge >= 0.3 is 13.7 Å². The topological polar surface area (TPSA) is 141 Å². The number of carbonyl (C=O) groups is 1. The van der Waals surface area contributed by atoms with Crippen LogP contribution in [0.25, 0.3) is 0 Å². The van der Waals surface area contributed by atoms with E-state index in [2.05, 4.69) is 10.1 Å². The highest BCUT2D eigenvalue weighted by Crippen LogP contribution is 2.55. The van der Waals surface area contributed by atoms with Crippen LogP contribution in [0.5, 0.6) is 0 Å². The number of fused-ring (bicyclic) bond motifs is 1. The van der Waals surface area contributed by atoms with Crippen LogP contribution < -0.4 is 10.6 Å². The smallest absolute Gasteiger partial charge is 0.406 e. The van der Waals surface area contributed by atoms with Crippen LogP contribution in [0.4, 0.5) is 0 Å². The molecule has 3 N–H and O–H groups in total. The number of aromatic nitrogens is 2. The molecule has 11 nitrogen and oxygen atoms in total. The summed E-state index contributed by atoms with van der Waals surface area (Å²) in [4.78, 5) is 26.4. The summed E-state index contributed by atoms with van der Waals surface area (Å²) in [5, 5.41) is 13.8. The Hall–Kier alpha value is -1.40. The standard InChI is InChI=1S/C19H28N3O8PS/c1-11(16(24)28-12-6-4-3-5-7-12)21-31(26)27-10-13-15(30-31)19(2,25)17(29-13)22-9-8-14(23)20-18(22)32/h8-9,11-13,15,17,25H,3-7,10H2,1-2H3,(H,21,26)(H,20,23,32)/t11-,13+,15?,17+,19+,31?/m0/s1. The van der Waals surface area contributed by atoms with Crippen molar-refractivity contribution in [2.45, 2.75) is 82.1 Å². The van der Waals surface area contributed by atoms with Gasteiger partial charge in [0.25, 0.3) is 5.56 Å². The van der Waals surface area contributed by atoms with Gasteiger partial charge in [-0.15, -0.1) is 0 Å². The highest BCUT2D eigenvalue weighted by atomic mass is 32.1. The van der Waals surface area contributed by atoms with E-state index in [1.54, 1.807) is 0 Å². The molecule has 0 aromatic carbocycles. The third kappa shape index (κ3) is 4.77. The third-order valence-electron chi connectivity index (χ3n) is 6.02. The van der Waals surface area contributed by atoms with E-state index in [9.17, 15) is 19.3 Å². The Morgan fingerprint density at radius 1 is 1.44 bits per heavy atom. The van der Waals surface area contributed by atoms with Gasteiger partial charge in [0.2, 0.25) is 0 Å². The summed E-state index contributed by atoms with van der Waals surface area (Å²) in [6.45, 7) is 2.85. The predicted molar refractivity (Wildman–Crippen MR) is 114 cm³/mol. The molecule has 0 amide bonds. The summed E-state index contributed by atoms with van der Waals surface area (Å²) in [6, 6.07) is 0.316. The van der Waals surface area contributed by atoms with E-state index >= 15 is 0 Å². The molecule has 2 aliphatic heterocycles. The number of ether oxygens (including phenoxy) is 2. The first-order chi connectivity index (χ1) is 15.1. The molecule has 32 heavy (non-hydrogen) atoms. The number of aliphatic hydroxyl groups is 1. The number of hydrogen-bond donors (Lipinski definition) is 3. The zero-order valence-corrected chi connectivity index (χ0v) is 19.6. The Balaban J connectivity index is 1.44. The molecule has 3 heterocycles. The number of nitrogens with zero attached hydrogens (tertiary/aromatic N) is 1. The van der Waals surface area contributed by atoms with Gasteiger partial charge in [-0.1, -0.05) is 6.42 Å². The Kier molecular flexibility index (Phi) is 6.75. The van der Waals surface area contributed by atoms with Crippen LogP contribution >= 0.6 is 20.0 Å². The molecule has 178 valence electrons. The third-order valence-corrected chi connectivity index (χ3v) is 8.03. The van der Waals surface area contributed by atoms with Crippen molar-refractivity contribution < 1.29 is 33.0 Å². The van der Waals surface area contributed by atoms with E-state index in [0.29, 0.717) is 0 Å². The van der Waals surface area contributed by atoms with Gasteiger partial charge < -0.3 is 14.6 Å². The first-order valence-corrected chi connectivity index (χ1v) is 12.6. The molecule has 3 fully saturated rings. The summed E-state index contributed by atoms with van der Waals surface area (Å²) >= 11 is 5.17. The molecule has 4 rings (SSSR count). The van der Waals surface area contributed by atoms with Crippen molar-refractivity contribution in [3.63, 3.8) is 0 Å². The van der Waals surface area contributed by atoms with Crippen LogP contribution in [0.3, 0.4) is 0 Å². The Bertz CT molecular complexity index is 1020. The first-order valence-electron chi connectivity index (χ1n) is 10.7. The van der Waals surface area contributed by atoms with Crippen LogP contribution in [-0.4, -0.2) is 57.2 Å². The van der Waals surface area contributed by atoms with Crippen LogP contribution in [0.1, 0.15) is 52.2 Å². The quantitative estimate of drug-likeness (QED) is 0.319. The second-order valence-electron chi connectivity index (χ2n) is 8.64. The summed E-state index contributed by atoms with van der Waals surface area (Å²) in [5.74, 6) is -0.534. The highest BCUT2D eigenvalue weighted by Gasteiger charge is 2.59. The van der Waals surface area contributed by atoms with Gasteiger partial charge in [-0.2, -0.15) is 0 Å². The van der Waals surface area contributed by atoms with E-state index < -0.39 is 43.8 Å². The Morgan fingerprint density at radius 2 is 2.16 bits per heavy atom. The maximum absolute atomic E-state index is 13.2. The fraction of sp³-hybridized carbons (Fsp3) is 0.737. The van der Waals surface area contributed by atoms with Gasteiger partial charge in [0.05, 0.1) is 6.61 Å². The van der Waals surface area contributed by atoms with Crippen molar-refractivity contribution in [3.05, 3.63) is 27.4 Å². The number of esters is 1. The van der Waals surface area contributed by atoms with Gasteiger partial charge in [-0.3, -0.25) is 28.2 Å². The van der Waals surface area contributed by atoms with Crippen molar-refractivity contribution >= 4 is 25.9 Å². The lowest BCUT2D eigenvalue weighted by Crippen LogP contribution is -2.49. The summed E-state index contributed by atoms with van der Waals surface area (Å²) in [7, 11) is -3.95. The lowest BCUT2D eigenvalue weighted by Gasteiger charge is -2.36. The van der Waals surface area contributed by atoms with Gasteiger partial charge in [0, 0.05) is 12.3 Å². The van der Waals surface area contributed by atoms with Crippen LogP contribution in [0.2, 0.25) is 0 Å². The summed E-state index contributed by atoms with van der Waals surface area (Å²) in [5.41, 5.74) is -2.04. The van der Waals surface area contributed by atoms with E-state index in [0.717, 1.165) is 32.1 Å². The maximum Gasteiger partial charge on any atom is 0.406 e. The van der Waals surface area contributed by atoms with Crippen molar-refractivity contribution in [2.75, 3.05) is 6.61 Å². The molecule has 3 aliphatic rings. The SMILES string of the molecule is C[C@H](NP1(=O)OC[C@H]2O[C@@H](n3ccc(=O)[nH]c3=S)[C@](C)(O)C2O1)C(=O)OC1CCCCC1. The number of carbonyl (C=O) groups excluding carboxylic acids is 1. The van der Waals surface area contributed by atoms with Crippen LogP contribution in [-0.2, 0) is 27.9 Å². The van der Waals surface area contributed by atoms with E-state index in [-0.39, 0.29) is 23.0 Å². The number of hydrogen-bond acceptors (Lipinski definition) is 9. The molecular weight excluding hydrogens is 461 g/mol. The zero-order valence-electron chi connectivity index (χ0n) is 17.9. The number of H-pyrrole nitrogens is 1. The second-order valence-corrected chi connectivity index (χ2v) is 10.7. The molecule has 2 unspecified atom stereocenters. The van der Waals surface area contributed by atoms with E-state index in [4.69, 9.17) is 30.7 Å². The van der Waals surface area contributed by atoms with Crippen molar-refractivity contribution in [3.8, 4) is 0 Å². The lowest BCUT2D eigenvalue weighted by atomic mass is 9.96. The lowest BCUT2D eigenvalue weighted by molar-refractivity contribution is -0.152. The van der Waals surface area contributed by atoms with E-state index in [1.807, 2.05) is 0 Å². The normalized spacial score (nSPS) is 36.4. The molecular formula is C19H28N3O8PS. The van der Waals surface area contributed by atoms with Crippen molar-refractivity contribution in [2.24, 2.45) is 0 Å². The molecule has 2 saturated heterocycles. The fourth-order valence-corrected chi connectivity index (χ4v) is 6.33. The Labute approximate surface area is 190 Å². The monoisotopic (exact) mass is 489 g/mol. The Morgan fingerprint density at radius 3 is 2.84 bits per heavy atom. The molecule has 1 aromatic rings. The van der Waals surface area contributed by atoms with Crippen LogP contribution in [0.15, 0.2) is 17.1 Å². The minimum atomic E-state index is -3.95. The highest BCUT2D eigenvalue weighted by molar-refractivity contribution is 7.71. The summed E-state index contributed by atoms with van der Waals surface area (Å²) in [6.07, 6.45) is 3.30. The zero-order chi connectivity index (χ0) is 23.1. The molecule has 1 aliphatic carbocycles. The van der Waals surface area contributed by atoms with Crippen LogP contribution in [0, 0.1) is 4.77 Å². The van der Waals surface area contributed by atoms with Gasteiger partial charge in [0.15, 0.2) is 11.0 Å². The predicted octanol–water partition coefficient (Wildman–Crippen LogP) is 1.93. The molecule has 0 spiro atoms. The molecule has 6 atom stereocenters. The molecule has 0 radical (unpaired) electrons. The largest absolute Gasteiger partial charge is 0.461 e. The van der Waals surface area contributed by atoms with Gasteiger partial charge in [-0.05, 0) is 51.7 Å². The fourth-order valence-electron chi connectivity index (χ4n) is 4.31. The molecule has 13 heteroatoms. The van der Waals surface area contributed by atoms with Gasteiger partial charge in [-0.25, -0.2) is 9.65 Å².